The summed E-state index contributed by atoms with van der Waals surface area (Å²) in [5.74, 6) is 0.893. The van der Waals surface area contributed by atoms with Crippen molar-refractivity contribution < 1.29 is 4.74 Å². The molecule has 5 nitrogen and oxygen atoms in total. The Morgan fingerprint density at radius 2 is 2.22 bits per heavy atom. The Labute approximate surface area is 108 Å². The van der Waals surface area contributed by atoms with Gasteiger partial charge in [0.2, 0.25) is 0 Å². The van der Waals surface area contributed by atoms with Gasteiger partial charge in [0.1, 0.15) is 12.1 Å². The van der Waals surface area contributed by atoms with Crippen LogP contribution in [0.2, 0.25) is 0 Å². The highest BCUT2D eigenvalue weighted by Crippen LogP contribution is 2.07. The average Bonchev–Trinajstić information content (AvgIpc) is 2.40. The molecule has 2 rings (SSSR count). The van der Waals surface area contributed by atoms with Gasteiger partial charge in [-0.2, -0.15) is 0 Å². The fraction of sp³-hybridized carbons (Fsp3) is 0.692. The van der Waals surface area contributed by atoms with Crippen LogP contribution in [-0.4, -0.2) is 42.3 Å². The van der Waals surface area contributed by atoms with E-state index < -0.39 is 0 Å². The third kappa shape index (κ3) is 4.58. The number of nitrogens with zero attached hydrogens (tertiary/aromatic N) is 2. The second kappa shape index (κ2) is 7.28. The molecule has 0 amide bonds. The number of rotatable bonds is 6. The Bertz CT molecular complexity index is 353. The van der Waals surface area contributed by atoms with Gasteiger partial charge in [-0.25, -0.2) is 9.97 Å². The number of ether oxygens (including phenoxy) is 1. The highest BCUT2D eigenvalue weighted by Gasteiger charge is 2.12. The number of aryl methyl sites for hydroxylation is 1. The fourth-order valence-corrected chi connectivity index (χ4v) is 2.05. The van der Waals surface area contributed by atoms with Crippen molar-refractivity contribution in [3.8, 4) is 0 Å². The molecule has 0 radical (unpaired) electrons. The van der Waals surface area contributed by atoms with Crippen LogP contribution in [0.1, 0.15) is 25.0 Å². The predicted molar refractivity (Wildman–Crippen MR) is 71.7 cm³/mol. The van der Waals surface area contributed by atoms with Gasteiger partial charge in [0.05, 0.1) is 6.10 Å². The van der Waals surface area contributed by atoms with E-state index in [1.165, 1.54) is 0 Å². The highest BCUT2D eigenvalue weighted by molar-refractivity contribution is 5.33. The Morgan fingerprint density at radius 1 is 1.39 bits per heavy atom. The molecular formula is C13H22N4O. The van der Waals surface area contributed by atoms with Crippen LogP contribution >= 0.6 is 0 Å². The summed E-state index contributed by atoms with van der Waals surface area (Å²) in [6.45, 7) is 5.85. The van der Waals surface area contributed by atoms with Crippen molar-refractivity contribution in [3.05, 3.63) is 18.1 Å². The molecular weight excluding hydrogens is 228 g/mol. The monoisotopic (exact) mass is 250 g/mol. The van der Waals surface area contributed by atoms with Gasteiger partial charge in [0, 0.05) is 24.9 Å². The predicted octanol–water partition coefficient (Wildman–Crippen LogP) is 1.36. The first kappa shape index (κ1) is 13.2. The standard InChI is InChI=1S/C13H22N4O/c1-11-9-13(17-10-16-11)15-5-2-8-18-12-3-6-14-7-4-12/h9-10,12,14H,2-8H2,1H3,(H,15,16,17). The molecule has 2 N–H and O–H groups in total. The van der Waals surface area contributed by atoms with E-state index in [2.05, 4.69) is 20.6 Å². The van der Waals surface area contributed by atoms with Gasteiger partial charge in [-0.05, 0) is 39.3 Å². The molecule has 1 aromatic heterocycles. The first-order valence-corrected chi connectivity index (χ1v) is 6.69. The molecule has 100 valence electrons. The zero-order valence-electron chi connectivity index (χ0n) is 11.0. The molecule has 0 spiro atoms. The van der Waals surface area contributed by atoms with Crippen LogP contribution in [0.3, 0.4) is 0 Å². The van der Waals surface area contributed by atoms with Crippen molar-refractivity contribution in [1.29, 1.82) is 0 Å². The largest absolute Gasteiger partial charge is 0.378 e. The quantitative estimate of drug-likeness (QED) is 0.746. The maximum Gasteiger partial charge on any atom is 0.129 e. The molecule has 0 unspecified atom stereocenters. The average molecular weight is 250 g/mol. The van der Waals surface area contributed by atoms with E-state index in [-0.39, 0.29) is 0 Å². The van der Waals surface area contributed by atoms with E-state index in [1.807, 2.05) is 13.0 Å². The minimum absolute atomic E-state index is 0.451. The molecule has 0 bridgehead atoms. The number of piperidine rings is 1. The van der Waals surface area contributed by atoms with Crippen LogP contribution in [0, 0.1) is 6.92 Å². The molecule has 0 aliphatic carbocycles. The van der Waals surface area contributed by atoms with E-state index in [9.17, 15) is 0 Å². The van der Waals surface area contributed by atoms with E-state index in [0.717, 1.165) is 57.0 Å². The maximum absolute atomic E-state index is 5.83. The summed E-state index contributed by atoms with van der Waals surface area (Å²) in [6.07, 6.45) is 5.32. The molecule has 1 aliphatic heterocycles. The summed E-state index contributed by atoms with van der Waals surface area (Å²) in [5.41, 5.74) is 0.985. The molecule has 2 heterocycles. The fourth-order valence-electron chi connectivity index (χ4n) is 2.05. The minimum Gasteiger partial charge on any atom is -0.378 e. The Morgan fingerprint density at radius 3 is 3.00 bits per heavy atom. The molecule has 0 atom stereocenters. The van der Waals surface area contributed by atoms with Crippen LogP contribution < -0.4 is 10.6 Å². The molecule has 1 aromatic rings. The molecule has 0 saturated carbocycles. The van der Waals surface area contributed by atoms with Gasteiger partial charge in [0.25, 0.3) is 0 Å². The van der Waals surface area contributed by atoms with Crippen molar-refractivity contribution in [2.45, 2.75) is 32.3 Å². The van der Waals surface area contributed by atoms with Crippen molar-refractivity contribution >= 4 is 5.82 Å². The topological polar surface area (TPSA) is 59.1 Å². The third-order valence-corrected chi connectivity index (χ3v) is 3.07. The second-order valence-electron chi connectivity index (χ2n) is 4.65. The normalized spacial score (nSPS) is 16.7. The molecule has 1 fully saturated rings. The second-order valence-corrected chi connectivity index (χ2v) is 4.65. The van der Waals surface area contributed by atoms with Crippen LogP contribution in [-0.2, 0) is 4.74 Å². The first-order valence-electron chi connectivity index (χ1n) is 6.69. The van der Waals surface area contributed by atoms with Gasteiger partial charge >= 0.3 is 0 Å². The van der Waals surface area contributed by atoms with E-state index in [0.29, 0.717) is 6.10 Å². The van der Waals surface area contributed by atoms with Crippen molar-refractivity contribution in [3.63, 3.8) is 0 Å². The summed E-state index contributed by atoms with van der Waals surface area (Å²) in [7, 11) is 0. The van der Waals surface area contributed by atoms with E-state index >= 15 is 0 Å². The van der Waals surface area contributed by atoms with Gasteiger partial charge < -0.3 is 15.4 Å². The van der Waals surface area contributed by atoms with Gasteiger partial charge in [-0.3, -0.25) is 0 Å². The number of anilines is 1. The molecule has 18 heavy (non-hydrogen) atoms. The summed E-state index contributed by atoms with van der Waals surface area (Å²) >= 11 is 0. The smallest absolute Gasteiger partial charge is 0.129 e. The molecule has 5 heteroatoms. The van der Waals surface area contributed by atoms with Crippen molar-refractivity contribution in [1.82, 2.24) is 15.3 Å². The molecule has 1 aliphatic rings. The third-order valence-electron chi connectivity index (χ3n) is 3.07. The minimum atomic E-state index is 0.451. The summed E-state index contributed by atoms with van der Waals surface area (Å²) in [5, 5.41) is 6.62. The maximum atomic E-state index is 5.83. The Balaban J connectivity index is 1.55. The number of nitrogens with one attached hydrogen (secondary N) is 2. The van der Waals surface area contributed by atoms with Gasteiger partial charge in [-0.1, -0.05) is 0 Å². The van der Waals surface area contributed by atoms with Crippen LogP contribution in [0.4, 0.5) is 5.82 Å². The summed E-state index contributed by atoms with van der Waals surface area (Å²) in [6, 6.07) is 1.95. The highest BCUT2D eigenvalue weighted by atomic mass is 16.5. The summed E-state index contributed by atoms with van der Waals surface area (Å²) in [4.78, 5) is 8.22. The lowest BCUT2D eigenvalue weighted by Gasteiger charge is -2.22. The Kier molecular flexibility index (Phi) is 5.36. The van der Waals surface area contributed by atoms with E-state index in [1.54, 1.807) is 6.33 Å². The van der Waals surface area contributed by atoms with Crippen LogP contribution in [0.15, 0.2) is 12.4 Å². The van der Waals surface area contributed by atoms with Crippen molar-refractivity contribution in [2.24, 2.45) is 0 Å². The lowest BCUT2D eigenvalue weighted by atomic mass is 10.1. The van der Waals surface area contributed by atoms with Crippen LogP contribution in [0.5, 0.6) is 0 Å². The molecule has 0 aromatic carbocycles. The van der Waals surface area contributed by atoms with Crippen molar-refractivity contribution in [2.75, 3.05) is 31.6 Å². The number of aromatic nitrogens is 2. The number of hydrogen-bond donors (Lipinski definition) is 2. The van der Waals surface area contributed by atoms with E-state index in [4.69, 9.17) is 4.74 Å². The van der Waals surface area contributed by atoms with Gasteiger partial charge in [0.15, 0.2) is 0 Å². The lowest BCUT2D eigenvalue weighted by molar-refractivity contribution is 0.0329. The Hall–Kier alpha value is -1.20. The zero-order chi connectivity index (χ0) is 12.6. The number of hydrogen-bond acceptors (Lipinski definition) is 5. The zero-order valence-corrected chi connectivity index (χ0v) is 11.0. The SMILES string of the molecule is Cc1cc(NCCCOC2CCNCC2)ncn1. The summed E-state index contributed by atoms with van der Waals surface area (Å²) < 4.78 is 5.83. The first-order chi connectivity index (χ1) is 8.84. The lowest BCUT2D eigenvalue weighted by Crippen LogP contribution is -2.32. The van der Waals surface area contributed by atoms with Crippen LogP contribution in [0.25, 0.3) is 0 Å². The van der Waals surface area contributed by atoms with Gasteiger partial charge in [-0.15, -0.1) is 0 Å². The molecule has 1 saturated heterocycles.